The van der Waals surface area contributed by atoms with Crippen LogP contribution in [0.15, 0.2) is 41.4 Å². The molecule has 0 aromatic heterocycles. The maximum Gasteiger partial charge on any atom is 0.270 e. The van der Waals surface area contributed by atoms with Gasteiger partial charge in [0.1, 0.15) is 6.04 Å². The molecule has 1 atom stereocenters. The van der Waals surface area contributed by atoms with Crippen LogP contribution in [0.1, 0.15) is 12.8 Å². The first-order valence-electron chi connectivity index (χ1n) is 6.05. The summed E-state index contributed by atoms with van der Waals surface area (Å²) in [5, 5.41) is 13.1. The first kappa shape index (κ1) is 15.1. The number of nitro groups is 1. The van der Waals surface area contributed by atoms with Gasteiger partial charge in [0.25, 0.3) is 5.69 Å². The van der Waals surface area contributed by atoms with Crippen LogP contribution in [-0.4, -0.2) is 25.3 Å². The molecule has 9 heteroatoms. The molecule has 0 bridgehead atoms. The Hall–Kier alpha value is -2.26. The van der Waals surface area contributed by atoms with E-state index in [1.54, 1.807) is 0 Å². The van der Waals surface area contributed by atoms with E-state index in [1.165, 1.54) is 18.2 Å². The summed E-state index contributed by atoms with van der Waals surface area (Å²) in [4.78, 5) is 21.4. The van der Waals surface area contributed by atoms with Crippen molar-refractivity contribution < 1.29 is 18.1 Å². The van der Waals surface area contributed by atoms with Crippen LogP contribution < -0.4 is 10.0 Å². The molecule has 0 aliphatic carbocycles. The number of amides is 1. The molecule has 2 rings (SSSR count). The van der Waals surface area contributed by atoms with Crippen LogP contribution >= 0.6 is 0 Å². The molecule has 1 aliphatic heterocycles. The largest absolute Gasteiger partial charge is 0.329 e. The third-order valence-electron chi connectivity index (χ3n) is 2.99. The smallest absolute Gasteiger partial charge is 0.270 e. The van der Waals surface area contributed by atoms with E-state index in [0.29, 0.717) is 18.5 Å². The number of carbonyl (C=O) groups is 1. The minimum absolute atomic E-state index is 0.256. The number of hydrogen-bond acceptors (Lipinski definition) is 5. The van der Waals surface area contributed by atoms with Crippen LogP contribution in [0.25, 0.3) is 0 Å². The van der Waals surface area contributed by atoms with E-state index in [4.69, 9.17) is 0 Å². The van der Waals surface area contributed by atoms with Gasteiger partial charge in [-0.1, -0.05) is 12.6 Å². The number of non-ortho nitro benzene ring substituents is 1. The van der Waals surface area contributed by atoms with Crippen molar-refractivity contribution in [2.75, 3.05) is 0 Å². The Labute approximate surface area is 121 Å². The number of nitro benzene ring substituents is 1. The fourth-order valence-corrected chi connectivity index (χ4v) is 3.17. The average Bonchev–Trinajstić information content (AvgIpc) is 2.42. The summed E-state index contributed by atoms with van der Waals surface area (Å²) < 4.78 is 26.6. The summed E-state index contributed by atoms with van der Waals surface area (Å²) in [5.74, 6) is -0.486. The van der Waals surface area contributed by atoms with Crippen LogP contribution in [0.3, 0.4) is 0 Å². The van der Waals surface area contributed by atoms with Crippen molar-refractivity contribution in [1.82, 2.24) is 10.0 Å². The molecule has 1 unspecified atom stereocenters. The molecule has 0 radical (unpaired) electrons. The van der Waals surface area contributed by atoms with Gasteiger partial charge in [-0.15, -0.1) is 0 Å². The fourth-order valence-electron chi connectivity index (χ4n) is 1.91. The van der Waals surface area contributed by atoms with E-state index in [0.717, 1.165) is 6.07 Å². The number of piperidine rings is 1. The van der Waals surface area contributed by atoms with Crippen LogP contribution in [-0.2, 0) is 14.8 Å². The molecule has 1 saturated heterocycles. The van der Waals surface area contributed by atoms with Gasteiger partial charge in [0.2, 0.25) is 15.9 Å². The summed E-state index contributed by atoms with van der Waals surface area (Å²) in [6.07, 6.45) is 0.757. The van der Waals surface area contributed by atoms with E-state index >= 15 is 0 Å². The maximum atomic E-state index is 12.2. The SMILES string of the molecule is C=C1CCC(NS(=O)(=O)c2cccc([N+](=O)[O-])c2)C(=O)N1. The first-order valence-corrected chi connectivity index (χ1v) is 7.53. The van der Waals surface area contributed by atoms with Crippen LogP contribution in [0.4, 0.5) is 5.69 Å². The zero-order valence-electron chi connectivity index (χ0n) is 10.9. The highest BCUT2D eigenvalue weighted by molar-refractivity contribution is 7.89. The van der Waals surface area contributed by atoms with Crippen molar-refractivity contribution in [2.45, 2.75) is 23.8 Å². The van der Waals surface area contributed by atoms with E-state index in [1.807, 2.05) is 0 Å². The molecule has 1 fully saturated rings. The van der Waals surface area contributed by atoms with Gasteiger partial charge >= 0.3 is 0 Å². The van der Waals surface area contributed by atoms with Crippen molar-refractivity contribution in [3.05, 3.63) is 46.7 Å². The molecule has 1 aromatic rings. The van der Waals surface area contributed by atoms with Crippen LogP contribution in [0.2, 0.25) is 0 Å². The highest BCUT2D eigenvalue weighted by Crippen LogP contribution is 2.19. The fraction of sp³-hybridized carbons (Fsp3) is 0.250. The number of nitrogens with zero attached hydrogens (tertiary/aromatic N) is 1. The summed E-state index contributed by atoms with van der Waals surface area (Å²) >= 11 is 0. The second kappa shape index (κ2) is 5.62. The number of carbonyl (C=O) groups excluding carboxylic acids is 1. The molecule has 1 amide bonds. The number of nitrogens with one attached hydrogen (secondary N) is 2. The van der Waals surface area contributed by atoms with Gasteiger partial charge in [0.05, 0.1) is 9.82 Å². The van der Waals surface area contributed by atoms with Gasteiger partial charge < -0.3 is 5.32 Å². The molecule has 1 heterocycles. The normalized spacial score (nSPS) is 19.1. The van der Waals surface area contributed by atoms with Gasteiger partial charge in [-0.05, 0) is 18.9 Å². The summed E-state index contributed by atoms with van der Waals surface area (Å²) in [7, 11) is -4.01. The van der Waals surface area contributed by atoms with Crippen molar-refractivity contribution in [1.29, 1.82) is 0 Å². The molecule has 0 spiro atoms. The second-order valence-corrected chi connectivity index (χ2v) is 6.27. The lowest BCUT2D eigenvalue weighted by molar-refractivity contribution is -0.385. The number of allylic oxidation sites excluding steroid dienone is 1. The Morgan fingerprint density at radius 2 is 2.14 bits per heavy atom. The minimum atomic E-state index is -4.01. The van der Waals surface area contributed by atoms with Crippen LogP contribution in [0.5, 0.6) is 0 Å². The second-order valence-electron chi connectivity index (χ2n) is 4.56. The van der Waals surface area contributed by atoms with E-state index in [9.17, 15) is 23.3 Å². The molecule has 2 N–H and O–H groups in total. The summed E-state index contributed by atoms with van der Waals surface area (Å²) in [6.45, 7) is 3.60. The van der Waals surface area contributed by atoms with Gasteiger partial charge in [-0.25, -0.2) is 8.42 Å². The van der Waals surface area contributed by atoms with Crippen molar-refractivity contribution in [3.8, 4) is 0 Å². The third-order valence-corrected chi connectivity index (χ3v) is 4.46. The van der Waals surface area contributed by atoms with Crippen LogP contribution in [0, 0.1) is 10.1 Å². The molecule has 1 aliphatic rings. The molecule has 8 nitrogen and oxygen atoms in total. The highest BCUT2D eigenvalue weighted by Gasteiger charge is 2.29. The average molecular weight is 311 g/mol. The van der Waals surface area contributed by atoms with E-state index in [-0.39, 0.29) is 10.6 Å². The molecular weight excluding hydrogens is 298 g/mol. The van der Waals surface area contributed by atoms with E-state index < -0.39 is 26.9 Å². The van der Waals surface area contributed by atoms with Crippen molar-refractivity contribution in [2.24, 2.45) is 0 Å². The minimum Gasteiger partial charge on any atom is -0.329 e. The monoisotopic (exact) mass is 311 g/mol. The lowest BCUT2D eigenvalue weighted by Gasteiger charge is -2.24. The molecule has 112 valence electrons. The molecule has 1 aromatic carbocycles. The summed E-state index contributed by atoms with van der Waals surface area (Å²) in [5.41, 5.74) is 0.199. The maximum absolute atomic E-state index is 12.2. The third kappa shape index (κ3) is 3.44. The number of sulfonamides is 1. The Kier molecular flexibility index (Phi) is 4.05. The lowest BCUT2D eigenvalue weighted by atomic mass is 10.1. The Bertz CT molecular complexity index is 713. The van der Waals surface area contributed by atoms with Gasteiger partial charge in [-0.2, -0.15) is 4.72 Å². The van der Waals surface area contributed by atoms with Gasteiger partial charge in [0.15, 0.2) is 0 Å². The van der Waals surface area contributed by atoms with Gasteiger partial charge in [0, 0.05) is 17.8 Å². The Morgan fingerprint density at radius 1 is 1.43 bits per heavy atom. The first-order chi connectivity index (χ1) is 9.79. The predicted molar refractivity (Wildman–Crippen MR) is 73.7 cm³/mol. The number of hydrogen-bond donors (Lipinski definition) is 2. The van der Waals surface area contributed by atoms with Crippen molar-refractivity contribution >= 4 is 21.6 Å². The summed E-state index contributed by atoms with van der Waals surface area (Å²) in [6, 6.07) is 3.72. The highest BCUT2D eigenvalue weighted by atomic mass is 32.2. The standard InChI is InChI=1S/C12H13N3O5S/c1-8-5-6-11(12(16)13-8)14-21(19,20)10-4-2-3-9(7-10)15(17)18/h2-4,7,11,14H,1,5-6H2,(H,13,16). The van der Waals surface area contributed by atoms with Gasteiger partial charge in [-0.3, -0.25) is 14.9 Å². The molecular formula is C12H13N3O5S. The quantitative estimate of drug-likeness (QED) is 0.625. The predicted octanol–water partition coefficient (Wildman–Crippen LogP) is 0.665. The molecule has 21 heavy (non-hydrogen) atoms. The lowest BCUT2D eigenvalue weighted by Crippen LogP contribution is -2.49. The zero-order chi connectivity index (χ0) is 15.6. The number of rotatable bonds is 4. The Balaban J connectivity index is 2.22. The zero-order valence-corrected chi connectivity index (χ0v) is 11.7. The van der Waals surface area contributed by atoms with Crippen molar-refractivity contribution in [3.63, 3.8) is 0 Å². The van der Waals surface area contributed by atoms with E-state index in [2.05, 4.69) is 16.6 Å². The molecule has 0 saturated carbocycles. The topological polar surface area (TPSA) is 118 Å². The Morgan fingerprint density at radius 3 is 2.76 bits per heavy atom. The number of benzene rings is 1.